The van der Waals surface area contributed by atoms with Gasteiger partial charge in [0, 0.05) is 17.5 Å². The van der Waals surface area contributed by atoms with E-state index in [0.717, 1.165) is 29.3 Å². The maximum atomic E-state index is 4.51. The summed E-state index contributed by atoms with van der Waals surface area (Å²) in [5, 5.41) is 3.48. The minimum atomic E-state index is 0.139. The minimum Gasteiger partial charge on any atom is -0.340 e. The van der Waals surface area contributed by atoms with Gasteiger partial charge < -0.3 is 5.32 Å². The standard InChI is InChI=1S/C18H25N3/c1-12-11-19-14(3)20-17(12)21-16-10-8-7-9-15(13(16)2)18(4,5)6/h8-11H,7H2,1-6H3,(H,19,20,21). The number of allylic oxidation sites excluding steroid dienone is 5. The van der Waals surface area contributed by atoms with Crippen LogP contribution in [0.5, 0.6) is 0 Å². The van der Waals surface area contributed by atoms with Gasteiger partial charge in [0.1, 0.15) is 11.6 Å². The summed E-state index contributed by atoms with van der Waals surface area (Å²) >= 11 is 0. The maximum absolute atomic E-state index is 4.51. The van der Waals surface area contributed by atoms with Crippen LogP contribution in [-0.4, -0.2) is 9.97 Å². The number of rotatable bonds is 2. The smallest absolute Gasteiger partial charge is 0.137 e. The molecular formula is C18H25N3. The molecule has 1 heterocycles. The lowest BCUT2D eigenvalue weighted by Crippen LogP contribution is -2.13. The zero-order valence-corrected chi connectivity index (χ0v) is 13.9. The molecule has 1 aromatic rings. The number of nitrogens with zero attached hydrogens (tertiary/aromatic N) is 2. The highest BCUT2D eigenvalue weighted by molar-refractivity contribution is 5.55. The van der Waals surface area contributed by atoms with E-state index in [1.54, 1.807) is 0 Å². The fraction of sp³-hybridized carbons (Fsp3) is 0.444. The molecule has 3 nitrogen and oxygen atoms in total. The van der Waals surface area contributed by atoms with Crippen molar-refractivity contribution < 1.29 is 0 Å². The van der Waals surface area contributed by atoms with Gasteiger partial charge in [-0.05, 0) is 49.8 Å². The molecule has 0 aliphatic heterocycles. The molecule has 21 heavy (non-hydrogen) atoms. The third-order valence-electron chi connectivity index (χ3n) is 3.70. The number of hydrogen-bond donors (Lipinski definition) is 1. The van der Waals surface area contributed by atoms with Crippen molar-refractivity contribution in [1.82, 2.24) is 9.97 Å². The Hall–Kier alpha value is -1.90. The second-order valence-corrected chi connectivity index (χ2v) is 6.62. The second kappa shape index (κ2) is 5.84. The van der Waals surface area contributed by atoms with Crippen LogP contribution < -0.4 is 5.32 Å². The molecule has 0 saturated carbocycles. The molecule has 1 aliphatic rings. The molecule has 1 N–H and O–H groups in total. The Labute approximate surface area is 127 Å². The maximum Gasteiger partial charge on any atom is 0.137 e. The van der Waals surface area contributed by atoms with Gasteiger partial charge in [-0.15, -0.1) is 0 Å². The summed E-state index contributed by atoms with van der Waals surface area (Å²) in [7, 11) is 0. The summed E-state index contributed by atoms with van der Waals surface area (Å²) in [5.41, 5.74) is 4.99. The van der Waals surface area contributed by atoms with Crippen LogP contribution in [0.15, 0.2) is 41.3 Å². The fourth-order valence-electron chi connectivity index (χ4n) is 2.58. The Balaban J connectivity index is 2.41. The third kappa shape index (κ3) is 3.60. The summed E-state index contributed by atoms with van der Waals surface area (Å²) < 4.78 is 0. The SMILES string of the molecule is CC1=C(Nc2nc(C)ncc2C)C=CCC=C1C(C)(C)C. The van der Waals surface area contributed by atoms with Crippen LogP contribution in [0.1, 0.15) is 45.5 Å². The summed E-state index contributed by atoms with van der Waals surface area (Å²) in [5.74, 6) is 1.67. The highest BCUT2D eigenvalue weighted by Gasteiger charge is 2.21. The van der Waals surface area contributed by atoms with Crippen molar-refractivity contribution in [3.05, 3.63) is 52.7 Å². The van der Waals surface area contributed by atoms with Crippen molar-refractivity contribution >= 4 is 5.82 Å². The van der Waals surface area contributed by atoms with E-state index in [0.29, 0.717) is 0 Å². The van der Waals surface area contributed by atoms with Crippen LogP contribution in [0.4, 0.5) is 5.82 Å². The van der Waals surface area contributed by atoms with E-state index in [4.69, 9.17) is 0 Å². The Morgan fingerprint density at radius 2 is 1.86 bits per heavy atom. The van der Waals surface area contributed by atoms with Gasteiger partial charge >= 0.3 is 0 Å². The molecule has 1 aromatic heterocycles. The van der Waals surface area contributed by atoms with Gasteiger partial charge in [-0.1, -0.05) is 32.9 Å². The molecule has 0 unspecified atom stereocenters. The molecular weight excluding hydrogens is 258 g/mol. The predicted molar refractivity (Wildman–Crippen MR) is 89.1 cm³/mol. The summed E-state index contributed by atoms with van der Waals surface area (Å²) in [6.07, 6.45) is 9.49. The molecule has 0 atom stereocenters. The van der Waals surface area contributed by atoms with Crippen molar-refractivity contribution in [3.8, 4) is 0 Å². The molecule has 0 radical (unpaired) electrons. The zero-order valence-electron chi connectivity index (χ0n) is 13.9. The molecule has 2 rings (SSSR count). The van der Waals surface area contributed by atoms with Crippen LogP contribution in [0.3, 0.4) is 0 Å². The van der Waals surface area contributed by atoms with E-state index in [9.17, 15) is 0 Å². The Bertz CT molecular complexity index is 628. The van der Waals surface area contributed by atoms with Gasteiger partial charge in [0.05, 0.1) is 0 Å². The molecule has 0 bridgehead atoms. The van der Waals surface area contributed by atoms with Crippen molar-refractivity contribution in [2.75, 3.05) is 5.32 Å². The van der Waals surface area contributed by atoms with Gasteiger partial charge in [-0.25, -0.2) is 9.97 Å². The normalized spacial score (nSPS) is 15.8. The molecule has 0 aromatic carbocycles. The monoisotopic (exact) mass is 283 g/mol. The van der Waals surface area contributed by atoms with Gasteiger partial charge in [-0.2, -0.15) is 0 Å². The van der Waals surface area contributed by atoms with Crippen LogP contribution in [0, 0.1) is 19.3 Å². The van der Waals surface area contributed by atoms with Crippen LogP contribution in [0.2, 0.25) is 0 Å². The molecule has 0 spiro atoms. The van der Waals surface area contributed by atoms with E-state index in [1.165, 1.54) is 11.1 Å². The summed E-state index contributed by atoms with van der Waals surface area (Å²) in [4.78, 5) is 8.74. The largest absolute Gasteiger partial charge is 0.340 e. The number of hydrogen-bond acceptors (Lipinski definition) is 3. The van der Waals surface area contributed by atoms with Gasteiger partial charge in [0.15, 0.2) is 0 Å². The van der Waals surface area contributed by atoms with Crippen molar-refractivity contribution in [2.45, 2.75) is 48.0 Å². The Morgan fingerprint density at radius 3 is 2.52 bits per heavy atom. The van der Waals surface area contributed by atoms with Crippen molar-refractivity contribution in [2.24, 2.45) is 5.41 Å². The lowest BCUT2D eigenvalue weighted by Gasteiger charge is -2.25. The number of aromatic nitrogens is 2. The highest BCUT2D eigenvalue weighted by atomic mass is 15.0. The molecule has 3 heteroatoms. The van der Waals surface area contributed by atoms with Crippen LogP contribution in [-0.2, 0) is 0 Å². The highest BCUT2D eigenvalue weighted by Crippen LogP contribution is 2.34. The van der Waals surface area contributed by atoms with Gasteiger partial charge in [0.2, 0.25) is 0 Å². The van der Waals surface area contributed by atoms with Crippen LogP contribution >= 0.6 is 0 Å². The van der Waals surface area contributed by atoms with E-state index in [2.05, 4.69) is 61.2 Å². The zero-order chi connectivity index (χ0) is 15.6. The quantitative estimate of drug-likeness (QED) is 0.854. The Kier molecular flexibility index (Phi) is 4.31. The number of nitrogens with one attached hydrogen (secondary N) is 1. The lowest BCUT2D eigenvalue weighted by atomic mass is 9.81. The van der Waals surface area contributed by atoms with Crippen molar-refractivity contribution in [3.63, 3.8) is 0 Å². The second-order valence-electron chi connectivity index (χ2n) is 6.62. The van der Waals surface area contributed by atoms with Gasteiger partial charge in [0.25, 0.3) is 0 Å². The number of aryl methyl sites for hydroxylation is 2. The first kappa shape index (κ1) is 15.5. The third-order valence-corrected chi connectivity index (χ3v) is 3.70. The molecule has 0 fully saturated rings. The molecule has 0 amide bonds. The fourth-order valence-corrected chi connectivity index (χ4v) is 2.58. The van der Waals surface area contributed by atoms with E-state index in [-0.39, 0.29) is 5.41 Å². The minimum absolute atomic E-state index is 0.139. The Morgan fingerprint density at radius 1 is 1.14 bits per heavy atom. The first-order valence-corrected chi connectivity index (χ1v) is 7.44. The van der Waals surface area contributed by atoms with E-state index >= 15 is 0 Å². The molecule has 1 aliphatic carbocycles. The molecule has 112 valence electrons. The number of anilines is 1. The average molecular weight is 283 g/mol. The average Bonchev–Trinajstić information content (AvgIpc) is 2.56. The topological polar surface area (TPSA) is 37.8 Å². The van der Waals surface area contributed by atoms with E-state index in [1.807, 2.05) is 20.0 Å². The molecule has 0 saturated heterocycles. The van der Waals surface area contributed by atoms with E-state index < -0.39 is 0 Å². The van der Waals surface area contributed by atoms with Crippen LogP contribution in [0.25, 0.3) is 0 Å². The predicted octanol–water partition coefficient (Wildman–Crippen LogP) is 4.71. The van der Waals surface area contributed by atoms with Gasteiger partial charge in [-0.3, -0.25) is 0 Å². The van der Waals surface area contributed by atoms with Crippen molar-refractivity contribution in [1.29, 1.82) is 0 Å². The summed E-state index contributed by atoms with van der Waals surface area (Å²) in [6.45, 7) is 12.9. The first-order valence-electron chi connectivity index (χ1n) is 7.44. The first-order chi connectivity index (χ1) is 9.79. The summed E-state index contributed by atoms with van der Waals surface area (Å²) in [6, 6.07) is 0. The lowest BCUT2D eigenvalue weighted by molar-refractivity contribution is 0.508.